The van der Waals surface area contributed by atoms with Crippen molar-refractivity contribution in [1.29, 1.82) is 0 Å². The maximum atomic E-state index is 12.6. The van der Waals surface area contributed by atoms with Crippen molar-refractivity contribution in [1.82, 2.24) is 10.2 Å². The molecular formula is C16H19Cl2N3O2. The topological polar surface area (TPSA) is 61.4 Å². The van der Waals surface area contributed by atoms with E-state index in [1.54, 1.807) is 23.1 Å². The molecule has 1 aromatic carbocycles. The second kappa shape index (κ2) is 7.07. The third-order valence-electron chi connectivity index (χ3n) is 4.38. The third kappa shape index (κ3) is 3.79. The Labute approximate surface area is 145 Å². The molecule has 0 spiro atoms. The first kappa shape index (κ1) is 16.6. The summed E-state index contributed by atoms with van der Waals surface area (Å²) in [4.78, 5) is 26.9. The predicted octanol–water partition coefficient (Wildman–Crippen LogP) is 2.53. The summed E-state index contributed by atoms with van der Waals surface area (Å²) < 4.78 is 0. The third-order valence-corrected chi connectivity index (χ3v) is 4.81. The first-order chi connectivity index (χ1) is 11.0. The minimum Gasteiger partial charge on any atom is -0.330 e. The lowest BCUT2D eigenvalue weighted by Crippen LogP contribution is -2.46. The molecule has 2 fully saturated rings. The molecule has 0 bridgehead atoms. The largest absolute Gasteiger partial charge is 0.330 e. The van der Waals surface area contributed by atoms with E-state index in [0.29, 0.717) is 35.2 Å². The van der Waals surface area contributed by atoms with Gasteiger partial charge in [-0.1, -0.05) is 23.2 Å². The maximum Gasteiger partial charge on any atom is 0.247 e. The van der Waals surface area contributed by atoms with Crippen LogP contribution in [0.1, 0.15) is 19.3 Å². The van der Waals surface area contributed by atoms with E-state index in [-0.39, 0.29) is 17.7 Å². The minimum absolute atomic E-state index is 0.0102. The number of benzene rings is 1. The number of hydrogen-bond donors (Lipinski definition) is 2. The summed E-state index contributed by atoms with van der Waals surface area (Å²) >= 11 is 11.9. The molecule has 1 aromatic rings. The average Bonchev–Trinajstić information content (AvgIpc) is 3.17. The Morgan fingerprint density at radius 1 is 1.17 bits per heavy atom. The van der Waals surface area contributed by atoms with Crippen LogP contribution in [0.4, 0.5) is 5.69 Å². The standard InChI is InChI=1S/C16H19Cl2N3O2/c17-11-6-12(18)8-13(7-11)20-15(22)14-2-1-5-21(14)16(23)10-3-4-19-9-10/h6-8,10,14,19H,1-5,9H2,(H,20,22). The fourth-order valence-corrected chi connectivity index (χ4v) is 3.78. The molecule has 0 radical (unpaired) electrons. The van der Waals surface area contributed by atoms with Gasteiger partial charge in [-0.3, -0.25) is 9.59 Å². The number of nitrogens with zero attached hydrogens (tertiary/aromatic N) is 1. The van der Waals surface area contributed by atoms with Crippen LogP contribution >= 0.6 is 23.2 Å². The number of carbonyl (C=O) groups excluding carboxylic acids is 2. The van der Waals surface area contributed by atoms with Crippen molar-refractivity contribution in [2.24, 2.45) is 5.92 Å². The Morgan fingerprint density at radius 2 is 1.91 bits per heavy atom. The quantitative estimate of drug-likeness (QED) is 0.875. The summed E-state index contributed by atoms with van der Waals surface area (Å²) in [7, 11) is 0. The Balaban J connectivity index is 1.69. The molecule has 2 saturated heterocycles. The number of anilines is 1. The number of carbonyl (C=O) groups is 2. The van der Waals surface area contributed by atoms with Crippen LogP contribution in [0.15, 0.2) is 18.2 Å². The number of rotatable bonds is 3. The van der Waals surface area contributed by atoms with Crippen molar-refractivity contribution in [2.45, 2.75) is 25.3 Å². The van der Waals surface area contributed by atoms with Gasteiger partial charge in [-0.2, -0.15) is 0 Å². The van der Waals surface area contributed by atoms with Crippen LogP contribution in [0.25, 0.3) is 0 Å². The average molecular weight is 356 g/mol. The fraction of sp³-hybridized carbons (Fsp3) is 0.500. The second-order valence-corrected chi connectivity index (χ2v) is 6.90. The molecule has 2 aliphatic heterocycles. The Hall–Kier alpha value is -1.30. The number of amides is 2. The zero-order valence-corrected chi connectivity index (χ0v) is 14.2. The minimum atomic E-state index is -0.416. The number of halogens is 2. The van der Waals surface area contributed by atoms with Crippen molar-refractivity contribution >= 4 is 40.7 Å². The molecule has 2 N–H and O–H groups in total. The summed E-state index contributed by atoms with van der Waals surface area (Å²) in [5, 5.41) is 6.94. The van der Waals surface area contributed by atoms with Gasteiger partial charge in [-0.15, -0.1) is 0 Å². The highest BCUT2D eigenvalue weighted by Gasteiger charge is 2.37. The molecule has 124 valence electrons. The molecule has 2 amide bonds. The highest BCUT2D eigenvalue weighted by atomic mass is 35.5. The van der Waals surface area contributed by atoms with Crippen molar-refractivity contribution < 1.29 is 9.59 Å². The Bertz CT molecular complexity index is 597. The summed E-state index contributed by atoms with van der Waals surface area (Å²) in [6.07, 6.45) is 2.37. The van der Waals surface area contributed by atoms with Crippen LogP contribution in [0, 0.1) is 5.92 Å². The van der Waals surface area contributed by atoms with Crippen molar-refractivity contribution in [3.05, 3.63) is 28.2 Å². The molecule has 2 heterocycles. The number of hydrogen-bond acceptors (Lipinski definition) is 3. The van der Waals surface area contributed by atoms with Gasteiger partial charge < -0.3 is 15.5 Å². The molecule has 2 aliphatic rings. The molecular weight excluding hydrogens is 337 g/mol. The van der Waals surface area contributed by atoms with E-state index in [2.05, 4.69) is 10.6 Å². The van der Waals surface area contributed by atoms with Gasteiger partial charge >= 0.3 is 0 Å². The predicted molar refractivity (Wildman–Crippen MR) is 90.8 cm³/mol. The Morgan fingerprint density at radius 3 is 2.57 bits per heavy atom. The van der Waals surface area contributed by atoms with E-state index in [4.69, 9.17) is 23.2 Å². The molecule has 7 heteroatoms. The van der Waals surface area contributed by atoms with Crippen LogP contribution in [-0.2, 0) is 9.59 Å². The molecule has 23 heavy (non-hydrogen) atoms. The highest BCUT2D eigenvalue weighted by Crippen LogP contribution is 2.26. The van der Waals surface area contributed by atoms with Gasteiger partial charge in [0.2, 0.25) is 11.8 Å². The van der Waals surface area contributed by atoms with Crippen molar-refractivity contribution in [2.75, 3.05) is 25.0 Å². The molecule has 5 nitrogen and oxygen atoms in total. The van der Waals surface area contributed by atoms with E-state index in [1.807, 2.05) is 0 Å². The van der Waals surface area contributed by atoms with Gasteiger partial charge in [0, 0.05) is 28.8 Å². The SMILES string of the molecule is O=C(Nc1cc(Cl)cc(Cl)c1)C1CCCN1C(=O)C1CCNC1. The van der Waals surface area contributed by atoms with Crippen LogP contribution in [0.2, 0.25) is 10.0 Å². The lowest BCUT2D eigenvalue weighted by atomic mass is 10.1. The van der Waals surface area contributed by atoms with E-state index in [0.717, 1.165) is 19.4 Å². The first-order valence-corrected chi connectivity index (χ1v) is 8.58. The highest BCUT2D eigenvalue weighted by molar-refractivity contribution is 6.35. The lowest BCUT2D eigenvalue weighted by Gasteiger charge is -2.26. The van der Waals surface area contributed by atoms with Crippen LogP contribution in [-0.4, -0.2) is 42.4 Å². The molecule has 2 unspecified atom stereocenters. The summed E-state index contributed by atoms with van der Waals surface area (Å²) in [6.45, 7) is 2.21. The number of nitrogens with one attached hydrogen (secondary N) is 2. The molecule has 3 rings (SSSR count). The zero-order valence-electron chi connectivity index (χ0n) is 12.6. The van der Waals surface area contributed by atoms with E-state index >= 15 is 0 Å². The van der Waals surface area contributed by atoms with Gasteiger partial charge in [0.15, 0.2) is 0 Å². The molecule has 0 aromatic heterocycles. The monoisotopic (exact) mass is 355 g/mol. The second-order valence-electron chi connectivity index (χ2n) is 6.03. The van der Waals surface area contributed by atoms with Crippen LogP contribution in [0.5, 0.6) is 0 Å². The molecule has 0 saturated carbocycles. The van der Waals surface area contributed by atoms with Crippen molar-refractivity contribution in [3.63, 3.8) is 0 Å². The van der Waals surface area contributed by atoms with E-state index in [9.17, 15) is 9.59 Å². The molecule has 0 aliphatic carbocycles. The van der Waals surface area contributed by atoms with Crippen LogP contribution < -0.4 is 10.6 Å². The normalized spacial score (nSPS) is 24.0. The van der Waals surface area contributed by atoms with Gasteiger partial charge in [0.05, 0.1) is 5.92 Å². The fourth-order valence-electron chi connectivity index (χ4n) is 3.25. The van der Waals surface area contributed by atoms with E-state index in [1.165, 1.54) is 0 Å². The van der Waals surface area contributed by atoms with E-state index < -0.39 is 6.04 Å². The smallest absolute Gasteiger partial charge is 0.247 e. The summed E-state index contributed by atoms with van der Waals surface area (Å²) in [5.41, 5.74) is 0.550. The maximum absolute atomic E-state index is 12.6. The van der Waals surface area contributed by atoms with Crippen LogP contribution in [0.3, 0.4) is 0 Å². The van der Waals surface area contributed by atoms with Gasteiger partial charge in [-0.25, -0.2) is 0 Å². The lowest BCUT2D eigenvalue weighted by molar-refractivity contribution is -0.139. The van der Waals surface area contributed by atoms with Gasteiger partial charge in [0.25, 0.3) is 0 Å². The molecule has 2 atom stereocenters. The summed E-state index contributed by atoms with van der Waals surface area (Å²) in [6, 6.07) is 4.48. The summed E-state index contributed by atoms with van der Waals surface area (Å²) in [5.74, 6) is -0.110. The first-order valence-electron chi connectivity index (χ1n) is 7.83. The van der Waals surface area contributed by atoms with Crippen molar-refractivity contribution in [3.8, 4) is 0 Å². The van der Waals surface area contributed by atoms with Gasteiger partial charge in [-0.05, 0) is 44.0 Å². The zero-order chi connectivity index (χ0) is 16.4. The number of likely N-dealkylation sites (tertiary alicyclic amines) is 1. The Kier molecular flexibility index (Phi) is 5.09. The van der Waals surface area contributed by atoms with Gasteiger partial charge in [0.1, 0.15) is 6.04 Å².